The van der Waals surface area contributed by atoms with Crippen LogP contribution in [0.1, 0.15) is 25.5 Å². The maximum Gasteiger partial charge on any atom is 0.135 e. The smallest absolute Gasteiger partial charge is 0.135 e. The van der Waals surface area contributed by atoms with Crippen molar-refractivity contribution in [2.45, 2.75) is 19.8 Å². The molecule has 1 aromatic heterocycles. The molecule has 4 heteroatoms. The normalized spacial score (nSPS) is 10.9. The summed E-state index contributed by atoms with van der Waals surface area (Å²) in [5.41, 5.74) is 1.51. The first-order valence-corrected chi connectivity index (χ1v) is 5.37. The Morgan fingerprint density at radius 1 is 1.00 bits per heavy atom. The van der Waals surface area contributed by atoms with Crippen molar-refractivity contribution in [3.05, 3.63) is 47.7 Å². The number of hydrogen-bond donors (Lipinski definition) is 0. The Hall–Kier alpha value is -1.84. The molecule has 0 saturated heterocycles. The molecule has 2 nitrogen and oxygen atoms in total. The van der Waals surface area contributed by atoms with Gasteiger partial charge in [-0.2, -0.15) is 10.2 Å². The van der Waals surface area contributed by atoms with Crippen LogP contribution in [0.15, 0.2) is 30.3 Å². The highest BCUT2D eigenvalue weighted by Crippen LogP contribution is 2.21. The van der Waals surface area contributed by atoms with Crippen molar-refractivity contribution in [3.8, 4) is 11.3 Å². The number of rotatable bonds is 2. The van der Waals surface area contributed by atoms with Crippen molar-refractivity contribution in [2.75, 3.05) is 0 Å². The molecule has 0 aliphatic heterocycles. The van der Waals surface area contributed by atoms with Gasteiger partial charge in [0, 0.05) is 11.6 Å². The molecule has 1 heterocycles. The average Bonchev–Trinajstić information content (AvgIpc) is 2.29. The lowest BCUT2D eigenvalue weighted by Gasteiger charge is -2.05. The van der Waals surface area contributed by atoms with E-state index in [0.29, 0.717) is 5.69 Å². The fraction of sp³-hybridized carbons (Fsp3) is 0.231. The predicted octanol–water partition coefficient (Wildman–Crippen LogP) is 3.55. The zero-order valence-electron chi connectivity index (χ0n) is 9.61. The fourth-order valence-corrected chi connectivity index (χ4v) is 1.49. The van der Waals surface area contributed by atoms with Gasteiger partial charge in [0.2, 0.25) is 0 Å². The molecule has 0 atom stereocenters. The summed E-state index contributed by atoms with van der Waals surface area (Å²) >= 11 is 0. The monoisotopic (exact) mass is 234 g/mol. The fourth-order valence-electron chi connectivity index (χ4n) is 1.49. The molecule has 0 aliphatic carbocycles. The quantitative estimate of drug-likeness (QED) is 0.794. The molecule has 0 saturated carbocycles. The molecule has 2 aromatic rings. The third-order valence-electron chi connectivity index (χ3n) is 2.48. The van der Waals surface area contributed by atoms with Crippen LogP contribution in [-0.4, -0.2) is 10.2 Å². The predicted molar refractivity (Wildman–Crippen MR) is 61.5 cm³/mol. The number of aromatic nitrogens is 2. The van der Waals surface area contributed by atoms with Crippen molar-refractivity contribution < 1.29 is 8.78 Å². The minimum absolute atomic E-state index is 0.259. The van der Waals surface area contributed by atoms with E-state index < -0.39 is 11.6 Å². The van der Waals surface area contributed by atoms with E-state index in [1.54, 1.807) is 12.1 Å². The lowest BCUT2D eigenvalue weighted by molar-refractivity contribution is 0.585. The molecule has 0 amide bonds. The van der Waals surface area contributed by atoms with Crippen LogP contribution < -0.4 is 0 Å². The molecule has 0 radical (unpaired) electrons. The molecule has 88 valence electrons. The zero-order valence-corrected chi connectivity index (χ0v) is 9.61. The zero-order chi connectivity index (χ0) is 12.4. The first kappa shape index (κ1) is 11.6. The maximum atomic E-state index is 13.5. The topological polar surface area (TPSA) is 25.8 Å². The van der Waals surface area contributed by atoms with Gasteiger partial charge < -0.3 is 0 Å². The second-order valence-corrected chi connectivity index (χ2v) is 4.12. The molecule has 0 unspecified atom stereocenters. The number of halogens is 2. The van der Waals surface area contributed by atoms with Crippen molar-refractivity contribution in [1.29, 1.82) is 0 Å². The Labute approximate surface area is 98.3 Å². The summed E-state index contributed by atoms with van der Waals surface area (Å²) in [6.07, 6.45) is 0. The molecule has 0 spiro atoms. The molecular formula is C13H12F2N2. The van der Waals surface area contributed by atoms with Crippen LogP contribution in [-0.2, 0) is 0 Å². The van der Waals surface area contributed by atoms with Crippen LogP contribution in [0, 0.1) is 11.6 Å². The standard InChI is InChI=1S/C13H12F2N2/c1-8(2)12-5-6-13(17-16-12)10-4-3-9(14)7-11(10)15/h3-8H,1-2H3. The average molecular weight is 234 g/mol. The van der Waals surface area contributed by atoms with Gasteiger partial charge in [-0.25, -0.2) is 8.78 Å². The van der Waals surface area contributed by atoms with Crippen LogP contribution in [0.4, 0.5) is 8.78 Å². The van der Waals surface area contributed by atoms with E-state index >= 15 is 0 Å². The summed E-state index contributed by atoms with van der Waals surface area (Å²) < 4.78 is 26.2. The van der Waals surface area contributed by atoms with Crippen LogP contribution in [0.25, 0.3) is 11.3 Å². The Morgan fingerprint density at radius 3 is 2.29 bits per heavy atom. The van der Waals surface area contributed by atoms with Gasteiger partial charge in [0.1, 0.15) is 11.6 Å². The van der Waals surface area contributed by atoms with E-state index in [0.717, 1.165) is 11.8 Å². The molecule has 0 fully saturated rings. The van der Waals surface area contributed by atoms with E-state index in [-0.39, 0.29) is 11.5 Å². The molecule has 0 N–H and O–H groups in total. The van der Waals surface area contributed by atoms with Gasteiger partial charge in [0.15, 0.2) is 0 Å². The van der Waals surface area contributed by atoms with Crippen molar-refractivity contribution in [2.24, 2.45) is 0 Å². The van der Waals surface area contributed by atoms with E-state index in [1.165, 1.54) is 12.1 Å². The SMILES string of the molecule is CC(C)c1ccc(-c2ccc(F)cc2F)nn1. The van der Waals surface area contributed by atoms with E-state index in [9.17, 15) is 8.78 Å². The summed E-state index contributed by atoms with van der Waals surface area (Å²) in [5.74, 6) is -0.954. The first-order valence-electron chi connectivity index (χ1n) is 5.37. The van der Waals surface area contributed by atoms with Gasteiger partial charge in [0.25, 0.3) is 0 Å². The van der Waals surface area contributed by atoms with Crippen LogP contribution in [0.3, 0.4) is 0 Å². The van der Waals surface area contributed by atoms with Crippen molar-refractivity contribution >= 4 is 0 Å². The Bertz CT molecular complexity index is 521. The van der Waals surface area contributed by atoms with Crippen LogP contribution >= 0.6 is 0 Å². The lowest BCUT2D eigenvalue weighted by Crippen LogP contribution is -1.97. The maximum absolute atomic E-state index is 13.5. The Morgan fingerprint density at radius 2 is 1.76 bits per heavy atom. The van der Waals surface area contributed by atoms with Gasteiger partial charge in [-0.3, -0.25) is 0 Å². The molecule has 2 rings (SSSR count). The van der Waals surface area contributed by atoms with Gasteiger partial charge in [0.05, 0.1) is 11.4 Å². The number of benzene rings is 1. The molecule has 1 aromatic carbocycles. The van der Waals surface area contributed by atoms with Gasteiger partial charge in [-0.15, -0.1) is 0 Å². The highest BCUT2D eigenvalue weighted by molar-refractivity contribution is 5.59. The van der Waals surface area contributed by atoms with Gasteiger partial charge >= 0.3 is 0 Å². The molecule has 0 bridgehead atoms. The molecule has 0 aliphatic rings. The minimum Gasteiger partial charge on any atom is -0.207 e. The van der Waals surface area contributed by atoms with Gasteiger partial charge in [-0.1, -0.05) is 13.8 Å². The molecular weight excluding hydrogens is 222 g/mol. The second-order valence-electron chi connectivity index (χ2n) is 4.12. The minimum atomic E-state index is -0.628. The van der Waals surface area contributed by atoms with E-state index in [1.807, 2.05) is 13.8 Å². The summed E-state index contributed by atoms with van der Waals surface area (Å²) in [5, 5.41) is 7.96. The van der Waals surface area contributed by atoms with Crippen molar-refractivity contribution in [1.82, 2.24) is 10.2 Å². The highest BCUT2D eigenvalue weighted by Gasteiger charge is 2.09. The van der Waals surface area contributed by atoms with Gasteiger partial charge in [-0.05, 0) is 30.2 Å². The molecule has 17 heavy (non-hydrogen) atoms. The summed E-state index contributed by atoms with van der Waals surface area (Å²) in [6.45, 7) is 4.00. The van der Waals surface area contributed by atoms with Crippen LogP contribution in [0.5, 0.6) is 0 Å². The van der Waals surface area contributed by atoms with E-state index in [4.69, 9.17) is 0 Å². The summed E-state index contributed by atoms with van der Waals surface area (Å²) in [7, 11) is 0. The van der Waals surface area contributed by atoms with E-state index in [2.05, 4.69) is 10.2 Å². The van der Waals surface area contributed by atoms with Crippen molar-refractivity contribution in [3.63, 3.8) is 0 Å². The third kappa shape index (κ3) is 2.46. The number of nitrogens with zero attached hydrogens (tertiary/aromatic N) is 2. The summed E-state index contributed by atoms with van der Waals surface area (Å²) in [6, 6.07) is 6.90. The summed E-state index contributed by atoms with van der Waals surface area (Å²) in [4.78, 5) is 0. The van der Waals surface area contributed by atoms with Crippen LogP contribution in [0.2, 0.25) is 0 Å². The Kier molecular flexibility index (Phi) is 3.13. The second kappa shape index (κ2) is 4.57. The number of hydrogen-bond acceptors (Lipinski definition) is 2. The third-order valence-corrected chi connectivity index (χ3v) is 2.48. The first-order chi connectivity index (χ1) is 8.08. The Balaban J connectivity index is 2.40. The largest absolute Gasteiger partial charge is 0.207 e. The highest BCUT2D eigenvalue weighted by atomic mass is 19.1. The lowest BCUT2D eigenvalue weighted by atomic mass is 10.1.